The van der Waals surface area contributed by atoms with Crippen LogP contribution in [0.5, 0.6) is 0 Å². The standard InChI is InChI=1S/C11H5N3O2/c15-6-13-9-3-4-10(14-7-16)11-8(9)2-1-5-12-11/h1-5H. The fourth-order valence-corrected chi connectivity index (χ4v) is 1.43. The van der Waals surface area contributed by atoms with E-state index in [1.165, 1.54) is 12.2 Å². The molecule has 1 aromatic carbocycles. The van der Waals surface area contributed by atoms with Crippen molar-refractivity contribution in [1.82, 2.24) is 4.98 Å². The lowest BCUT2D eigenvalue weighted by atomic mass is 10.1. The minimum absolute atomic E-state index is 0.399. The van der Waals surface area contributed by atoms with E-state index in [2.05, 4.69) is 15.0 Å². The Labute approximate surface area is 90.2 Å². The van der Waals surface area contributed by atoms with Gasteiger partial charge in [0, 0.05) is 11.6 Å². The van der Waals surface area contributed by atoms with Crippen molar-refractivity contribution in [2.75, 3.05) is 0 Å². The number of pyridine rings is 1. The summed E-state index contributed by atoms with van der Waals surface area (Å²) in [6.45, 7) is 0. The molecule has 0 saturated heterocycles. The van der Waals surface area contributed by atoms with Gasteiger partial charge in [-0.05, 0) is 24.3 Å². The quantitative estimate of drug-likeness (QED) is 0.564. The monoisotopic (exact) mass is 211 g/mol. The van der Waals surface area contributed by atoms with E-state index in [0.29, 0.717) is 22.3 Å². The molecule has 0 saturated carbocycles. The van der Waals surface area contributed by atoms with Crippen LogP contribution in [0.4, 0.5) is 11.4 Å². The van der Waals surface area contributed by atoms with Gasteiger partial charge in [0.2, 0.25) is 12.2 Å². The molecule has 1 heterocycles. The fourth-order valence-electron chi connectivity index (χ4n) is 1.43. The number of rotatable bonds is 2. The number of hydrogen-bond donors (Lipinski definition) is 0. The van der Waals surface area contributed by atoms with Gasteiger partial charge in [-0.15, -0.1) is 0 Å². The summed E-state index contributed by atoms with van der Waals surface area (Å²) in [4.78, 5) is 31.6. The highest BCUT2D eigenvalue weighted by atomic mass is 16.1. The van der Waals surface area contributed by atoms with Crippen LogP contribution >= 0.6 is 0 Å². The molecule has 0 aliphatic heterocycles. The molecule has 0 aliphatic rings. The SMILES string of the molecule is O=C=Nc1ccc(N=C=O)c2ncccc12. The molecule has 2 aromatic rings. The van der Waals surface area contributed by atoms with Gasteiger partial charge in [0.1, 0.15) is 5.69 Å². The van der Waals surface area contributed by atoms with Crippen LogP contribution in [-0.2, 0) is 9.59 Å². The smallest absolute Gasteiger partial charge is 0.240 e. The van der Waals surface area contributed by atoms with E-state index < -0.39 is 0 Å². The van der Waals surface area contributed by atoms with Crippen LogP contribution < -0.4 is 0 Å². The minimum Gasteiger partial charge on any atom is -0.254 e. The van der Waals surface area contributed by atoms with Gasteiger partial charge in [-0.2, -0.15) is 9.98 Å². The van der Waals surface area contributed by atoms with E-state index in [4.69, 9.17) is 0 Å². The molecule has 0 amide bonds. The average molecular weight is 211 g/mol. The van der Waals surface area contributed by atoms with Crippen LogP contribution in [0.2, 0.25) is 0 Å². The maximum absolute atomic E-state index is 10.2. The summed E-state index contributed by atoms with van der Waals surface area (Å²) in [6, 6.07) is 6.57. The van der Waals surface area contributed by atoms with Crippen molar-refractivity contribution < 1.29 is 9.59 Å². The predicted molar refractivity (Wildman–Crippen MR) is 57.3 cm³/mol. The van der Waals surface area contributed by atoms with E-state index in [1.807, 2.05) is 0 Å². The van der Waals surface area contributed by atoms with Gasteiger partial charge in [-0.3, -0.25) is 4.98 Å². The van der Waals surface area contributed by atoms with Crippen LogP contribution in [-0.4, -0.2) is 17.1 Å². The first-order valence-corrected chi connectivity index (χ1v) is 4.40. The topological polar surface area (TPSA) is 71.8 Å². The molecular formula is C11H5N3O2. The molecule has 0 aliphatic carbocycles. The van der Waals surface area contributed by atoms with E-state index in [9.17, 15) is 9.59 Å². The summed E-state index contributed by atoms with van der Waals surface area (Å²) >= 11 is 0. The number of aliphatic imine (C=N–C) groups is 2. The molecular weight excluding hydrogens is 206 g/mol. The van der Waals surface area contributed by atoms with Gasteiger partial charge < -0.3 is 0 Å². The molecule has 2 rings (SSSR count). The zero-order valence-corrected chi connectivity index (χ0v) is 8.04. The Morgan fingerprint density at radius 1 is 1.00 bits per heavy atom. The molecule has 0 N–H and O–H groups in total. The minimum atomic E-state index is 0.399. The lowest BCUT2D eigenvalue weighted by Gasteiger charge is -2.01. The van der Waals surface area contributed by atoms with Gasteiger partial charge in [0.15, 0.2) is 0 Å². The third-order valence-electron chi connectivity index (χ3n) is 2.06. The molecule has 0 unspecified atom stereocenters. The molecule has 5 heteroatoms. The average Bonchev–Trinajstić information content (AvgIpc) is 2.33. The Morgan fingerprint density at radius 2 is 1.69 bits per heavy atom. The molecule has 1 aromatic heterocycles. The first-order chi connectivity index (χ1) is 7.86. The molecule has 5 nitrogen and oxygen atoms in total. The Balaban J connectivity index is 2.86. The van der Waals surface area contributed by atoms with Crippen molar-refractivity contribution >= 4 is 34.4 Å². The highest BCUT2D eigenvalue weighted by Crippen LogP contribution is 2.31. The highest BCUT2D eigenvalue weighted by molar-refractivity contribution is 5.97. The Morgan fingerprint density at radius 3 is 2.44 bits per heavy atom. The van der Waals surface area contributed by atoms with Crippen LogP contribution in [0.3, 0.4) is 0 Å². The lowest BCUT2D eigenvalue weighted by Crippen LogP contribution is -1.79. The number of fused-ring (bicyclic) bond motifs is 1. The third kappa shape index (κ3) is 1.64. The highest BCUT2D eigenvalue weighted by Gasteiger charge is 2.05. The predicted octanol–water partition coefficient (Wildman–Crippen LogP) is 2.17. The second-order valence-corrected chi connectivity index (χ2v) is 2.91. The summed E-state index contributed by atoms with van der Waals surface area (Å²) in [5.74, 6) is 0. The van der Waals surface area contributed by atoms with Gasteiger partial charge in [0.05, 0.1) is 11.2 Å². The number of benzene rings is 1. The van der Waals surface area contributed by atoms with Gasteiger partial charge >= 0.3 is 0 Å². The molecule has 0 spiro atoms. The van der Waals surface area contributed by atoms with Gasteiger partial charge in [0.25, 0.3) is 0 Å². The van der Waals surface area contributed by atoms with E-state index in [1.54, 1.807) is 30.5 Å². The second-order valence-electron chi connectivity index (χ2n) is 2.91. The van der Waals surface area contributed by atoms with Crippen molar-refractivity contribution in [2.24, 2.45) is 9.98 Å². The maximum Gasteiger partial charge on any atom is 0.240 e. The van der Waals surface area contributed by atoms with E-state index in [0.717, 1.165) is 0 Å². The Hall–Kier alpha value is -2.61. The maximum atomic E-state index is 10.2. The second kappa shape index (κ2) is 4.28. The molecule has 0 bridgehead atoms. The number of hydrogen-bond acceptors (Lipinski definition) is 5. The molecule has 16 heavy (non-hydrogen) atoms. The summed E-state index contributed by atoms with van der Waals surface area (Å²) in [6.07, 6.45) is 4.49. The summed E-state index contributed by atoms with van der Waals surface area (Å²) in [7, 11) is 0. The van der Waals surface area contributed by atoms with Crippen LogP contribution in [0.1, 0.15) is 0 Å². The molecule has 0 radical (unpaired) electrons. The number of aromatic nitrogens is 1. The fraction of sp³-hybridized carbons (Fsp3) is 0. The van der Waals surface area contributed by atoms with Crippen molar-refractivity contribution in [2.45, 2.75) is 0 Å². The van der Waals surface area contributed by atoms with E-state index >= 15 is 0 Å². The normalized spacial score (nSPS) is 9.25. The number of nitrogens with zero attached hydrogens (tertiary/aromatic N) is 3. The summed E-state index contributed by atoms with van der Waals surface area (Å²) in [5.41, 5.74) is 1.35. The first-order valence-electron chi connectivity index (χ1n) is 4.40. The summed E-state index contributed by atoms with van der Waals surface area (Å²) < 4.78 is 0. The van der Waals surface area contributed by atoms with Crippen molar-refractivity contribution in [1.29, 1.82) is 0 Å². The van der Waals surface area contributed by atoms with Crippen molar-refractivity contribution in [3.05, 3.63) is 30.5 Å². The molecule has 0 atom stereocenters. The van der Waals surface area contributed by atoms with Crippen LogP contribution in [0.15, 0.2) is 40.4 Å². The van der Waals surface area contributed by atoms with Crippen molar-refractivity contribution in [3.63, 3.8) is 0 Å². The molecule has 76 valence electrons. The number of carbonyl (C=O) groups excluding carboxylic acids is 2. The lowest BCUT2D eigenvalue weighted by molar-refractivity contribution is 0.564. The Kier molecular flexibility index (Phi) is 2.65. The van der Waals surface area contributed by atoms with E-state index in [-0.39, 0.29) is 0 Å². The number of isocyanates is 2. The van der Waals surface area contributed by atoms with Crippen molar-refractivity contribution in [3.8, 4) is 0 Å². The van der Waals surface area contributed by atoms with Crippen LogP contribution in [0, 0.1) is 0 Å². The Bertz CT molecular complexity index is 582. The van der Waals surface area contributed by atoms with Crippen LogP contribution in [0.25, 0.3) is 10.9 Å². The zero-order chi connectivity index (χ0) is 11.4. The zero-order valence-electron chi connectivity index (χ0n) is 8.04. The largest absolute Gasteiger partial charge is 0.254 e. The van der Waals surface area contributed by atoms with Gasteiger partial charge in [-0.1, -0.05) is 0 Å². The summed E-state index contributed by atoms with van der Waals surface area (Å²) in [5, 5.41) is 0.641. The van der Waals surface area contributed by atoms with Gasteiger partial charge in [-0.25, -0.2) is 9.59 Å². The first kappa shape index (κ1) is 9.93. The third-order valence-corrected chi connectivity index (χ3v) is 2.06. The molecule has 0 fully saturated rings.